The van der Waals surface area contributed by atoms with E-state index >= 15 is 0 Å². The van der Waals surface area contributed by atoms with Gasteiger partial charge in [0.2, 0.25) is 0 Å². The quantitative estimate of drug-likeness (QED) is 0.837. The lowest BCUT2D eigenvalue weighted by molar-refractivity contribution is 0.185. The minimum atomic E-state index is 0.910. The monoisotopic (exact) mass is 252 g/mol. The third kappa shape index (κ3) is 4.41. The van der Waals surface area contributed by atoms with Crippen molar-refractivity contribution in [1.82, 2.24) is 10.2 Å². The van der Waals surface area contributed by atoms with Crippen LogP contribution in [0.25, 0.3) is 0 Å². The summed E-state index contributed by atoms with van der Waals surface area (Å²) in [5.74, 6) is 0.910. The lowest BCUT2D eigenvalue weighted by atomic mass is 9.96. The lowest BCUT2D eigenvalue weighted by Crippen LogP contribution is -2.38. The molecule has 0 bridgehead atoms. The molecule has 17 heavy (non-hydrogen) atoms. The first kappa shape index (κ1) is 13.1. The summed E-state index contributed by atoms with van der Waals surface area (Å²) in [5.41, 5.74) is 0. The van der Waals surface area contributed by atoms with E-state index in [4.69, 9.17) is 0 Å². The van der Waals surface area contributed by atoms with Gasteiger partial charge in [0.05, 0.1) is 0 Å². The zero-order valence-electron chi connectivity index (χ0n) is 10.8. The Bertz CT molecular complexity index is 289. The number of hydrogen-bond donors (Lipinski definition) is 1. The maximum absolute atomic E-state index is 3.47. The number of rotatable bonds is 6. The molecule has 1 N–H and O–H groups in total. The summed E-state index contributed by atoms with van der Waals surface area (Å²) in [6, 6.07) is 4.41. The number of thiophene rings is 1. The summed E-state index contributed by atoms with van der Waals surface area (Å²) in [7, 11) is 0. The molecule has 96 valence electrons. The molecule has 2 heterocycles. The molecule has 2 nitrogen and oxygen atoms in total. The van der Waals surface area contributed by atoms with Gasteiger partial charge in [-0.05, 0) is 62.8 Å². The number of nitrogens with zero attached hydrogens (tertiary/aromatic N) is 1. The predicted molar refractivity (Wildman–Crippen MR) is 75.7 cm³/mol. The van der Waals surface area contributed by atoms with Gasteiger partial charge in [0, 0.05) is 11.4 Å². The third-order valence-corrected chi connectivity index (χ3v) is 4.58. The van der Waals surface area contributed by atoms with Gasteiger partial charge in [-0.3, -0.25) is 0 Å². The maximum atomic E-state index is 3.47. The van der Waals surface area contributed by atoms with Crippen molar-refractivity contribution in [1.29, 1.82) is 0 Å². The summed E-state index contributed by atoms with van der Waals surface area (Å²) in [5, 5.41) is 5.65. The minimum absolute atomic E-state index is 0.910. The Hall–Kier alpha value is -0.380. The van der Waals surface area contributed by atoms with Gasteiger partial charge in [-0.15, -0.1) is 11.3 Å². The molecular weight excluding hydrogens is 228 g/mol. The third-order valence-electron chi connectivity index (χ3n) is 3.64. The zero-order chi connectivity index (χ0) is 11.9. The normalized spacial score (nSPS) is 18.6. The van der Waals surface area contributed by atoms with Gasteiger partial charge in [-0.25, -0.2) is 0 Å². The summed E-state index contributed by atoms with van der Waals surface area (Å²) in [6.45, 7) is 8.35. The lowest BCUT2D eigenvalue weighted by Gasteiger charge is -2.31. The topological polar surface area (TPSA) is 15.3 Å². The molecule has 0 radical (unpaired) electrons. The van der Waals surface area contributed by atoms with E-state index in [0.29, 0.717) is 0 Å². The van der Waals surface area contributed by atoms with Gasteiger partial charge < -0.3 is 10.2 Å². The Kier molecular flexibility index (Phi) is 5.49. The summed E-state index contributed by atoms with van der Waals surface area (Å²) >= 11 is 1.89. The highest BCUT2D eigenvalue weighted by Gasteiger charge is 2.18. The van der Waals surface area contributed by atoms with Crippen molar-refractivity contribution in [3.8, 4) is 0 Å². The second-order valence-electron chi connectivity index (χ2n) is 4.92. The van der Waals surface area contributed by atoms with E-state index in [1.807, 2.05) is 11.3 Å². The smallest absolute Gasteiger partial charge is 0.00579 e. The van der Waals surface area contributed by atoms with Gasteiger partial charge in [-0.1, -0.05) is 13.0 Å². The summed E-state index contributed by atoms with van der Waals surface area (Å²) in [4.78, 5) is 4.15. The van der Waals surface area contributed by atoms with Crippen molar-refractivity contribution in [3.63, 3.8) is 0 Å². The molecule has 0 spiro atoms. The fourth-order valence-corrected chi connectivity index (χ4v) is 3.18. The molecule has 3 heteroatoms. The maximum Gasteiger partial charge on any atom is 0.00579 e. The van der Waals surface area contributed by atoms with Crippen LogP contribution in [0.2, 0.25) is 0 Å². The first-order valence-corrected chi connectivity index (χ1v) is 7.72. The molecule has 0 aliphatic carbocycles. The largest absolute Gasteiger partial charge is 0.317 e. The standard InChI is InChI=1S/C14H24N2S/c1-2-15-12-13-5-8-16(9-6-13)10-7-14-4-3-11-17-14/h3-4,11,13,15H,2,5-10,12H2,1H3. The predicted octanol–water partition coefficient (Wildman–Crippen LogP) is 2.61. The highest BCUT2D eigenvalue weighted by molar-refractivity contribution is 7.09. The van der Waals surface area contributed by atoms with Gasteiger partial charge in [-0.2, -0.15) is 0 Å². The van der Waals surface area contributed by atoms with Gasteiger partial charge in [0.25, 0.3) is 0 Å². The average molecular weight is 252 g/mol. The Morgan fingerprint density at radius 3 is 2.88 bits per heavy atom. The first-order valence-electron chi connectivity index (χ1n) is 6.84. The molecule has 1 saturated heterocycles. The Morgan fingerprint density at radius 2 is 2.24 bits per heavy atom. The molecule has 1 aliphatic rings. The highest BCUT2D eigenvalue weighted by atomic mass is 32.1. The number of nitrogens with one attached hydrogen (secondary N) is 1. The van der Waals surface area contributed by atoms with Crippen LogP contribution in [0.5, 0.6) is 0 Å². The molecule has 0 atom stereocenters. The van der Waals surface area contributed by atoms with E-state index in [2.05, 4.69) is 34.7 Å². The molecule has 1 aliphatic heterocycles. The summed E-state index contributed by atoms with van der Waals surface area (Å²) in [6.07, 6.45) is 3.98. The van der Waals surface area contributed by atoms with Crippen molar-refractivity contribution in [3.05, 3.63) is 22.4 Å². The SMILES string of the molecule is CCNCC1CCN(CCc2cccs2)CC1. The molecule has 0 saturated carbocycles. The van der Waals surface area contributed by atoms with Crippen LogP contribution >= 0.6 is 11.3 Å². The summed E-state index contributed by atoms with van der Waals surface area (Å²) < 4.78 is 0. The van der Waals surface area contributed by atoms with Crippen molar-refractivity contribution >= 4 is 11.3 Å². The molecule has 0 unspecified atom stereocenters. The zero-order valence-corrected chi connectivity index (χ0v) is 11.6. The van der Waals surface area contributed by atoms with Crippen LogP contribution in [0, 0.1) is 5.92 Å². The van der Waals surface area contributed by atoms with Crippen LogP contribution in [-0.2, 0) is 6.42 Å². The van der Waals surface area contributed by atoms with Crippen LogP contribution in [0.15, 0.2) is 17.5 Å². The number of hydrogen-bond acceptors (Lipinski definition) is 3. The van der Waals surface area contributed by atoms with E-state index in [-0.39, 0.29) is 0 Å². The molecule has 0 amide bonds. The van der Waals surface area contributed by atoms with Crippen LogP contribution < -0.4 is 5.32 Å². The molecular formula is C14H24N2S. The second-order valence-corrected chi connectivity index (χ2v) is 5.95. The molecule has 1 aromatic rings. The molecule has 1 fully saturated rings. The van der Waals surface area contributed by atoms with Crippen molar-refractivity contribution in [2.75, 3.05) is 32.7 Å². The number of likely N-dealkylation sites (tertiary alicyclic amines) is 1. The molecule has 2 rings (SSSR count). The fraction of sp³-hybridized carbons (Fsp3) is 0.714. The van der Waals surface area contributed by atoms with E-state index in [9.17, 15) is 0 Å². The Labute approximate surface area is 109 Å². The van der Waals surface area contributed by atoms with Crippen LogP contribution in [0.3, 0.4) is 0 Å². The average Bonchev–Trinajstić information content (AvgIpc) is 2.88. The van der Waals surface area contributed by atoms with Gasteiger partial charge >= 0.3 is 0 Å². The Morgan fingerprint density at radius 1 is 1.41 bits per heavy atom. The van der Waals surface area contributed by atoms with Gasteiger partial charge in [0.1, 0.15) is 0 Å². The molecule has 1 aromatic heterocycles. The molecule has 0 aromatic carbocycles. The first-order chi connectivity index (χ1) is 8.38. The van der Waals surface area contributed by atoms with Crippen molar-refractivity contribution in [2.45, 2.75) is 26.2 Å². The van der Waals surface area contributed by atoms with E-state index in [0.717, 1.165) is 12.5 Å². The van der Waals surface area contributed by atoms with E-state index in [1.165, 1.54) is 50.3 Å². The van der Waals surface area contributed by atoms with Crippen molar-refractivity contribution in [2.24, 2.45) is 5.92 Å². The van der Waals surface area contributed by atoms with Crippen molar-refractivity contribution < 1.29 is 0 Å². The van der Waals surface area contributed by atoms with Crippen LogP contribution in [0.1, 0.15) is 24.6 Å². The highest BCUT2D eigenvalue weighted by Crippen LogP contribution is 2.17. The number of piperidine rings is 1. The van der Waals surface area contributed by atoms with Crippen LogP contribution in [-0.4, -0.2) is 37.6 Å². The van der Waals surface area contributed by atoms with Gasteiger partial charge in [0.15, 0.2) is 0 Å². The fourth-order valence-electron chi connectivity index (χ4n) is 2.49. The van der Waals surface area contributed by atoms with E-state index < -0.39 is 0 Å². The second kappa shape index (κ2) is 7.14. The minimum Gasteiger partial charge on any atom is -0.317 e. The Balaban J connectivity index is 1.62. The van der Waals surface area contributed by atoms with E-state index in [1.54, 1.807) is 0 Å². The van der Waals surface area contributed by atoms with Crippen LogP contribution in [0.4, 0.5) is 0 Å².